The molecule has 1 N–H and O–H groups in total. The lowest BCUT2D eigenvalue weighted by atomic mass is 9.75. The maximum Gasteiger partial charge on any atom is 0.227 e. The van der Waals surface area contributed by atoms with Gasteiger partial charge in [0.1, 0.15) is 5.75 Å². The van der Waals surface area contributed by atoms with Crippen molar-refractivity contribution in [2.24, 2.45) is 0 Å². The number of Topliss-reactive ketones (excluding diaryl/α,β-unsaturated/α-hetero) is 1. The lowest BCUT2D eigenvalue weighted by molar-refractivity contribution is 0.0978. The Morgan fingerprint density at radius 3 is 1.47 bits per heavy atom. The summed E-state index contributed by atoms with van der Waals surface area (Å²) in [5, 5.41) is 12.0. The van der Waals surface area contributed by atoms with E-state index < -0.39 is 0 Å². The molecule has 2 aromatic carbocycles. The summed E-state index contributed by atoms with van der Waals surface area (Å²) >= 11 is 0. The lowest BCUT2D eigenvalue weighted by Crippen LogP contribution is -2.17. The highest BCUT2D eigenvalue weighted by molar-refractivity contribution is 6.11. The Balaban J connectivity index is 3.04. The zero-order chi connectivity index (χ0) is 36.5. The molecule has 0 saturated heterocycles. The van der Waals surface area contributed by atoms with Crippen LogP contribution in [0.4, 0.5) is 0 Å². The summed E-state index contributed by atoms with van der Waals surface area (Å²) in [5.41, 5.74) is 7.84. The fraction of sp³-hybridized carbons (Fsp3) is 0.674. The maximum atomic E-state index is 14.9. The van der Waals surface area contributed by atoms with Crippen molar-refractivity contribution in [1.29, 1.82) is 0 Å². The molecule has 0 bridgehead atoms. The normalized spacial score (nSPS) is 15.1. The molecule has 0 aliphatic heterocycles. The van der Waals surface area contributed by atoms with Crippen molar-refractivity contribution in [2.45, 2.75) is 195 Å². The third-order valence-electron chi connectivity index (χ3n) is 11.3. The van der Waals surface area contributed by atoms with Crippen LogP contribution in [0.3, 0.4) is 0 Å². The summed E-state index contributed by atoms with van der Waals surface area (Å²) in [6, 6.07) is 9.14. The first-order chi connectivity index (χ1) is 23.7. The van der Waals surface area contributed by atoms with E-state index in [-0.39, 0.29) is 23.4 Å². The standard InChI is InChI=1S/C46H74O3/c1-12-22-32(17-6)37-27-39(44(43(31-37)49-11)35(20-9)25-15-4)30-42(47)46(48)41-29-38(33(18-7)23-13-2)28-40(34(19-8)24-14-3)45(41)36(21-10)26-16-5/h27-36,47H,12-26H2,1-11H3/b42-30-. The van der Waals surface area contributed by atoms with Crippen LogP contribution < -0.4 is 4.74 Å². The van der Waals surface area contributed by atoms with Crippen molar-refractivity contribution in [3.8, 4) is 5.75 Å². The molecule has 2 rings (SSSR count). The van der Waals surface area contributed by atoms with Gasteiger partial charge in [-0.2, -0.15) is 0 Å². The molecule has 0 spiro atoms. The first kappa shape index (κ1) is 42.6. The second kappa shape index (κ2) is 22.3. The Labute approximate surface area is 302 Å². The van der Waals surface area contributed by atoms with Crippen molar-refractivity contribution in [2.75, 3.05) is 7.11 Å². The predicted octanol–water partition coefficient (Wildman–Crippen LogP) is 14.9. The third kappa shape index (κ3) is 11.0. The number of hydrogen-bond donors (Lipinski definition) is 1. The van der Waals surface area contributed by atoms with E-state index in [1.807, 2.05) is 0 Å². The zero-order valence-corrected chi connectivity index (χ0v) is 33.6. The molecule has 0 fully saturated rings. The number of aliphatic hydroxyl groups is 1. The number of ketones is 1. The summed E-state index contributed by atoms with van der Waals surface area (Å²) in [6.45, 7) is 22.6. The molecule has 0 saturated carbocycles. The van der Waals surface area contributed by atoms with E-state index in [0.29, 0.717) is 17.8 Å². The fourth-order valence-corrected chi connectivity index (χ4v) is 8.54. The number of ether oxygens (including phenoxy) is 1. The van der Waals surface area contributed by atoms with Crippen LogP contribution in [0, 0.1) is 0 Å². The molecule has 0 radical (unpaired) electrons. The zero-order valence-electron chi connectivity index (χ0n) is 33.6. The molecule has 0 heterocycles. The highest BCUT2D eigenvalue weighted by Gasteiger charge is 2.29. The molecule has 49 heavy (non-hydrogen) atoms. The maximum absolute atomic E-state index is 14.9. The topological polar surface area (TPSA) is 46.5 Å². The SMILES string of the molecule is CCCC(CC)c1cc(/C=C(\O)C(=O)c2cc(C(CC)CCC)cc(C(CC)CCC)c2C(CC)CCC)c(C(CC)CCC)c(OC)c1. The van der Waals surface area contributed by atoms with Crippen molar-refractivity contribution >= 4 is 11.9 Å². The number of carbonyl (C=O) groups is 1. The van der Waals surface area contributed by atoms with Gasteiger partial charge in [-0.15, -0.1) is 0 Å². The van der Waals surface area contributed by atoms with E-state index >= 15 is 0 Å². The van der Waals surface area contributed by atoms with Crippen LogP contribution >= 0.6 is 0 Å². The molecule has 5 atom stereocenters. The first-order valence-corrected chi connectivity index (χ1v) is 20.5. The number of methoxy groups -OCH3 is 1. The van der Waals surface area contributed by atoms with Gasteiger partial charge < -0.3 is 9.84 Å². The molecular formula is C46H74O3. The van der Waals surface area contributed by atoms with Crippen LogP contribution in [0.5, 0.6) is 5.75 Å². The molecule has 0 aliphatic carbocycles. The minimum atomic E-state index is -0.232. The number of hydrogen-bond acceptors (Lipinski definition) is 3. The van der Waals surface area contributed by atoms with E-state index in [0.717, 1.165) is 119 Å². The van der Waals surface area contributed by atoms with Crippen LogP contribution in [-0.2, 0) is 0 Å². The van der Waals surface area contributed by atoms with E-state index in [1.54, 1.807) is 13.2 Å². The van der Waals surface area contributed by atoms with Gasteiger partial charge >= 0.3 is 0 Å². The molecule has 5 unspecified atom stereocenters. The van der Waals surface area contributed by atoms with E-state index in [2.05, 4.69) is 93.5 Å². The monoisotopic (exact) mass is 675 g/mol. The highest BCUT2D eigenvalue weighted by atomic mass is 16.5. The van der Waals surface area contributed by atoms with Gasteiger partial charge in [-0.25, -0.2) is 0 Å². The molecule has 0 aromatic heterocycles. The summed E-state index contributed by atoms with van der Waals surface area (Å²) in [4.78, 5) is 14.9. The predicted molar refractivity (Wildman–Crippen MR) is 214 cm³/mol. The minimum Gasteiger partial charge on any atom is -0.504 e. The lowest BCUT2D eigenvalue weighted by Gasteiger charge is -2.29. The Kier molecular flexibility index (Phi) is 19.4. The van der Waals surface area contributed by atoms with Crippen LogP contribution in [-0.4, -0.2) is 18.0 Å². The summed E-state index contributed by atoms with van der Waals surface area (Å²) in [5.74, 6) is 2.27. The highest BCUT2D eigenvalue weighted by Crippen LogP contribution is 2.43. The van der Waals surface area contributed by atoms with Gasteiger partial charge in [-0.1, -0.05) is 113 Å². The number of aliphatic hydroxyl groups excluding tert-OH is 1. The van der Waals surface area contributed by atoms with Crippen molar-refractivity contribution < 1.29 is 14.6 Å². The molecule has 3 nitrogen and oxygen atoms in total. The Morgan fingerprint density at radius 2 is 1.02 bits per heavy atom. The third-order valence-corrected chi connectivity index (χ3v) is 11.3. The number of carbonyl (C=O) groups excluding carboxylic acids is 1. The Morgan fingerprint density at radius 1 is 0.592 bits per heavy atom. The van der Waals surface area contributed by atoms with Gasteiger partial charge in [-0.3, -0.25) is 4.79 Å². The quantitative estimate of drug-likeness (QED) is 0.0685. The smallest absolute Gasteiger partial charge is 0.227 e. The summed E-state index contributed by atoms with van der Waals surface area (Å²) < 4.78 is 6.11. The first-order valence-electron chi connectivity index (χ1n) is 20.5. The molecule has 2 aromatic rings. The van der Waals surface area contributed by atoms with Gasteiger partial charge in [0.05, 0.1) is 7.11 Å². The van der Waals surface area contributed by atoms with Crippen LogP contribution in [0.2, 0.25) is 0 Å². The molecular weight excluding hydrogens is 601 g/mol. The van der Waals surface area contributed by atoms with Crippen molar-refractivity contribution in [1.82, 2.24) is 0 Å². The van der Waals surface area contributed by atoms with E-state index in [1.165, 1.54) is 22.3 Å². The van der Waals surface area contributed by atoms with Crippen molar-refractivity contribution in [3.63, 3.8) is 0 Å². The average Bonchev–Trinajstić information content (AvgIpc) is 3.12. The van der Waals surface area contributed by atoms with Gasteiger partial charge in [0.2, 0.25) is 5.78 Å². The number of benzene rings is 2. The average molecular weight is 675 g/mol. The number of rotatable bonds is 24. The summed E-state index contributed by atoms with van der Waals surface area (Å²) in [6.07, 6.45) is 17.7. The van der Waals surface area contributed by atoms with Crippen LogP contribution in [0.25, 0.3) is 6.08 Å². The van der Waals surface area contributed by atoms with E-state index in [9.17, 15) is 9.90 Å². The number of allylic oxidation sites excluding steroid dienone is 1. The molecule has 0 amide bonds. The fourth-order valence-electron chi connectivity index (χ4n) is 8.54. The van der Waals surface area contributed by atoms with Gasteiger partial charge in [0, 0.05) is 11.1 Å². The van der Waals surface area contributed by atoms with Gasteiger partial charge in [-0.05, 0) is 140 Å². The van der Waals surface area contributed by atoms with Crippen molar-refractivity contribution in [3.05, 3.63) is 69.0 Å². The summed E-state index contributed by atoms with van der Waals surface area (Å²) in [7, 11) is 1.76. The molecule has 3 heteroatoms. The molecule has 276 valence electrons. The molecule has 0 aliphatic rings. The van der Waals surface area contributed by atoms with Crippen LogP contribution in [0.1, 0.15) is 239 Å². The van der Waals surface area contributed by atoms with E-state index in [4.69, 9.17) is 4.74 Å². The van der Waals surface area contributed by atoms with Gasteiger partial charge in [0.15, 0.2) is 5.76 Å². The van der Waals surface area contributed by atoms with Crippen LogP contribution in [0.15, 0.2) is 30.0 Å². The Bertz CT molecular complexity index is 1300. The second-order valence-corrected chi connectivity index (χ2v) is 14.6. The second-order valence-electron chi connectivity index (χ2n) is 14.6. The van der Waals surface area contributed by atoms with Gasteiger partial charge in [0.25, 0.3) is 0 Å². The largest absolute Gasteiger partial charge is 0.504 e. The Hall–Kier alpha value is -2.55. The minimum absolute atomic E-state index is 0.155.